The summed E-state index contributed by atoms with van der Waals surface area (Å²) in [5.41, 5.74) is 1.27. The summed E-state index contributed by atoms with van der Waals surface area (Å²) >= 11 is 0. The van der Waals surface area contributed by atoms with Crippen LogP contribution in [0.25, 0.3) is 0 Å². The Labute approximate surface area is 128 Å². The third-order valence-electron chi connectivity index (χ3n) is 4.77. The zero-order valence-electron chi connectivity index (χ0n) is 13.3. The van der Waals surface area contributed by atoms with Crippen LogP contribution in [0.2, 0.25) is 0 Å². The van der Waals surface area contributed by atoms with E-state index in [0.29, 0.717) is 12.1 Å². The Morgan fingerprint density at radius 3 is 2.57 bits per heavy atom. The topological polar surface area (TPSA) is 45.0 Å². The Hall–Kier alpha value is -1.53. The van der Waals surface area contributed by atoms with E-state index in [4.69, 9.17) is 10.00 Å². The fourth-order valence-electron chi connectivity index (χ4n) is 3.12. The summed E-state index contributed by atoms with van der Waals surface area (Å²) in [6.07, 6.45) is 3.88. The molecular weight excluding hydrogens is 260 g/mol. The number of hydrogen-bond donors (Lipinski definition) is 1. The van der Waals surface area contributed by atoms with Gasteiger partial charge in [0.05, 0.1) is 0 Å². The van der Waals surface area contributed by atoms with Crippen molar-refractivity contribution in [1.29, 1.82) is 5.26 Å². The number of hydrogen-bond acceptors (Lipinski definition) is 3. The molecule has 0 heterocycles. The van der Waals surface area contributed by atoms with Crippen molar-refractivity contribution >= 4 is 0 Å². The summed E-state index contributed by atoms with van der Waals surface area (Å²) in [4.78, 5) is 0. The Kier molecular flexibility index (Phi) is 5.64. The Balaban J connectivity index is 1.88. The van der Waals surface area contributed by atoms with Crippen LogP contribution < -0.4 is 10.1 Å². The summed E-state index contributed by atoms with van der Waals surface area (Å²) in [5, 5.41) is 12.3. The second kappa shape index (κ2) is 7.47. The Morgan fingerprint density at radius 1 is 1.24 bits per heavy atom. The first kappa shape index (κ1) is 15.9. The van der Waals surface area contributed by atoms with Gasteiger partial charge in [-0.2, -0.15) is 5.26 Å². The van der Waals surface area contributed by atoms with Gasteiger partial charge in [-0.15, -0.1) is 0 Å². The molecule has 1 aliphatic rings. The molecule has 1 aromatic carbocycles. The summed E-state index contributed by atoms with van der Waals surface area (Å²) in [5.74, 6) is 2.42. The van der Waals surface area contributed by atoms with E-state index in [0.717, 1.165) is 17.6 Å². The van der Waals surface area contributed by atoms with E-state index in [1.54, 1.807) is 0 Å². The van der Waals surface area contributed by atoms with Crippen molar-refractivity contribution in [2.75, 3.05) is 6.61 Å². The largest absolute Gasteiger partial charge is 0.479 e. The normalized spacial score (nSPS) is 26.9. The van der Waals surface area contributed by atoms with Crippen molar-refractivity contribution in [3.63, 3.8) is 0 Å². The molecule has 0 saturated heterocycles. The molecule has 1 aromatic rings. The highest BCUT2D eigenvalue weighted by Crippen LogP contribution is 2.30. The lowest BCUT2D eigenvalue weighted by Crippen LogP contribution is -2.37. The molecule has 1 saturated carbocycles. The fourth-order valence-corrected chi connectivity index (χ4v) is 3.12. The van der Waals surface area contributed by atoms with Gasteiger partial charge in [0.2, 0.25) is 0 Å². The van der Waals surface area contributed by atoms with Gasteiger partial charge in [-0.05, 0) is 55.7 Å². The van der Waals surface area contributed by atoms with Crippen molar-refractivity contribution in [2.45, 2.75) is 52.1 Å². The average molecular weight is 286 g/mol. The maximum Gasteiger partial charge on any atom is 0.174 e. The molecule has 0 bridgehead atoms. The highest BCUT2D eigenvalue weighted by Gasteiger charge is 2.25. The third-order valence-corrected chi connectivity index (χ3v) is 4.77. The van der Waals surface area contributed by atoms with Gasteiger partial charge in [-0.3, -0.25) is 0 Å². The molecular formula is C18H26N2O. The molecule has 0 spiro atoms. The number of nitrogens with one attached hydrogen (secondary N) is 1. The second-order valence-corrected chi connectivity index (χ2v) is 6.37. The van der Waals surface area contributed by atoms with Crippen LogP contribution in [0.4, 0.5) is 0 Å². The van der Waals surface area contributed by atoms with Crippen LogP contribution in [0.5, 0.6) is 5.75 Å². The van der Waals surface area contributed by atoms with Crippen molar-refractivity contribution in [3.05, 3.63) is 29.8 Å². The zero-order valence-corrected chi connectivity index (χ0v) is 13.3. The van der Waals surface area contributed by atoms with Crippen LogP contribution in [-0.2, 0) is 0 Å². The number of nitrogens with zero attached hydrogens (tertiary/aromatic N) is 1. The van der Waals surface area contributed by atoms with Gasteiger partial charge in [0, 0.05) is 12.1 Å². The van der Waals surface area contributed by atoms with Gasteiger partial charge < -0.3 is 10.1 Å². The molecule has 0 amide bonds. The molecule has 0 aliphatic heterocycles. The predicted octanol–water partition coefficient (Wildman–Crippen LogP) is 4.06. The number of rotatable bonds is 5. The van der Waals surface area contributed by atoms with E-state index in [1.165, 1.54) is 24.8 Å². The summed E-state index contributed by atoms with van der Waals surface area (Å²) in [6.45, 7) is 7.05. The van der Waals surface area contributed by atoms with Gasteiger partial charge in [0.25, 0.3) is 0 Å². The molecule has 1 fully saturated rings. The van der Waals surface area contributed by atoms with Crippen molar-refractivity contribution in [2.24, 2.45) is 11.8 Å². The lowest BCUT2D eigenvalue weighted by molar-refractivity contribution is 0.217. The molecule has 114 valence electrons. The Morgan fingerprint density at radius 2 is 1.95 bits per heavy atom. The van der Waals surface area contributed by atoms with E-state index in [2.05, 4.69) is 38.2 Å². The SMILES string of the molecule is CC(NC1CCC(C)C(C)C1)c1ccc(OCC#N)cc1. The number of ether oxygens (including phenoxy) is 1. The smallest absolute Gasteiger partial charge is 0.174 e. The van der Waals surface area contributed by atoms with Gasteiger partial charge in [0.15, 0.2) is 6.61 Å². The second-order valence-electron chi connectivity index (χ2n) is 6.37. The quantitative estimate of drug-likeness (QED) is 0.887. The van der Waals surface area contributed by atoms with E-state index in [1.807, 2.05) is 18.2 Å². The van der Waals surface area contributed by atoms with Gasteiger partial charge >= 0.3 is 0 Å². The van der Waals surface area contributed by atoms with Crippen molar-refractivity contribution in [3.8, 4) is 11.8 Å². The van der Waals surface area contributed by atoms with E-state index in [9.17, 15) is 0 Å². The van der Waals surface area contributed by atoms with Crippen molar-refractivity contribution in [1.82, 2.24) is 5.32 Å². The van der Waals surface area contributed by atoms with Crippen LogP contribution in [-0.4, -0.2) is 12.6 Å². The molecule has 21 heavy (non-hydrogen) atoms. The van der Waals surface area contributed by atoms with Gasteiger partial charge in [-0.25, -0.2) is 0 Å². The molecule has 2 rings (SSSR count). The van der Waals surface area contributed by atoms with Crippen LogP contribution in [0, 0.1) is 23.2 Å². The summed E-state index contributed by atoms with van der Waals surface area (Å²) in [6, 6.07) is 11.0. The first-order valence-corrected chi connectivity index (χ1v) is 7.96. The molecule has 0 radical (unpaired) electrons. The highest BCUT2D eigenvalue weighted by atomic mass is 16.5. The maximum absolute atomic E-state index is 8.51. The number of nitriles is 1. The number of benzene rings is 1. The maximum atomic E-state index is 8.51. The van der Waals surface area contributed by atoms with Crippen LogP contribution >= 0.6 is 0 Å². The highest BCUT2D eigenvalue weighted by molar-refractivity contribution is 5.29. The minimum Gasteiger partial charge on any atom is -0.479 e. The minimum atomic E-state index is 0.102. The molecule has 1 aliphatic carbocycles. The molecule has 3 nitrogen and oxygen atoms in total. The summed E-state index contributed by atoms with van der Waals surface area (Å²) < 4.78 is 5.28. The zero-order chi connectivity index (χ0) is 15.2. The van der Waals surface area contributed by atoms with E-state index in [-0.39, 0.29) is 6.61 Å². The average Bonchev–Trinajstić information content (AvgIpc) is 2.49. The molecule has 4 atom stereocenters. The molecule has 0 aromatic heterocycles. The van der Waals surface area contributed by atoms with Gasteiger partial charge in [0.1, 0.15) is 11.8 Å². The van der Waals surface area contributed by atoms with Crippen LogP contribution in [0.15, 0.2) is 24.3 Å². The van der Waals surface area contributed by atoms with E-state index < -0.39 is 0 Å². The molecule has 4 unspecified atom stereocenters. The standard InChI is InChI=1S/C18H26N2O/c1-13-4-7-17(12-14(13)2)20-15(3)16-5-8-18(9-6-16)21-11-10-19/h5-6,8-9,13-15,17,20H,4,7,11-12H2,1-3H3. The monoisotopic (exact) mass is 286 g/mol. The first-order chi connectivity index (χ1) is 10.1. The van der Waals surface area contributed by atoms with Crippen LogP contribution in [0.1, 0.15) is 51.6 Å². The first-order valence-electron chi connectivity index (χ1n) is 7.96. The predicted molar refractivity (Wildman–Crippen MR) is 85.1 cm³/mol. The lowest BCUT2D eigenvalue weighted by Gasteiger charge is -2.34. The van der Waals surface area contributed by atoms with Gasteiger partial charge in [-0.1, -0.05) is 26.0 Å². The lowest BCUT2D eigenvalue weighted by atomic mass is 9.79. The molecule has 3 heteroatoms. The third kappa shape index (κ3) is 4.47. The fraction of sp³-hybridized carbons (Fsp3) is 0.611. The Bertz CT molecular complexity index is 477. The summed E-state index contributed by atoms with van der Waals surface area (Å²) in [7, 11) is 0. The van der Waals surface area contributed by atoms with Crippen molar-refractivity contribution < 1.29 is 4.74 Å². The minimum absolute atomic E-state index is 0.102. The molecule has 1 N–H and O–H groups in total. The van der Waals surface area contributed by atoms with E-state index >= 15 is 0 Å². The van der Waals surface area contributed by atoms with Crippen LogP contribution in [0.3, 0.4) is 0 Å².